The maximum absolute atomic E-state index is 12.8. The van der Waals surface area contributed by atoms with Gasteiger partial charge in [0.05, 0.1) is 25.6 Å². The van der Waals surface area contributed by atoms with Gasteiger partial charge in [-0.2, -0.15) is 0 Å². The lowest BCUT2D eigenvalue weighted by Gasteiger charge is -2.19. The van der Waals surface area contributed by atoms with Gasteiger partial charge in [-0.15, -0.1) is 0 Å². The Balaban J connectivity index is 2.41. The Morgan fingerprint density at radius 2 is 1.64 bits per heavy atom. The molecule has 118 valence electrons. The molecule has 2 aromatic rings. The SMILES string of the molecule is C=C(c1ccc2cc(OC)ccc2c1)P(=O)(OCC)OCC. The van der Waals surface area contributed by atoms with E-state index in [1.54, 1.807) is 21.0 Å². The van der Waals surface area contributed by atoms with E-state index in [0.29, 0.717) is 18.5 Å². The second-order valence-electron chi connectivity index (χ2n) is 4.71. The molecule has 0 radical (unpaired) electrons. The van der Waals surface area contributed by atoms with Gasteiger partial charge < -0.3 is 13.8 Å². The molecule has 0 heterocycles. The first-order valence-corrected chi connectivity index (χ1v) is 8.75. The van der Waals surface area contributed by atoms with Crippen molar-refractivity contribution in [3.8, 4) is 5.75 Å². The summed E-state index contributed by atoms with van der Waals surface area (Å²) in [5, 5.41) is 2.44. The molecule has 0 fully saturated rings. The summed E-state index contributed by atoms with van der Waals surface area (Å²) in [6.45, 7) is 8.12. The number of fused-ring (bicyclic) bond motifs is 1. The lowest BCUT2D eigenvalue weighted by molar-refractivity contribution is 0.230. The minimum Gasteiger partial charge on any atom is -0.497 e. The Morgan fingerprint density at radius 3 is 2.23 bits per heavy atom. The zero-order valence-corrected chi connectivity index (χ0v) is 14.1. The predicted octanol–water partition coefficient (Wildman–Crippen LogP) is 5.09. The van der Waals surface area contributed by atoms with Crippen LogP contribution in [-0.4, -0.2) is 20.3 Å². The second-order valence-corrected chi connectivity index (χ2v) is 6.76. The van der Waals surface area contributed by atoms with E-state index in [1.807, 2.05) is 36.4 Å². The average molecular weight is 320 g/mol. The second kappa shape index (κ2) is 7.10. The number of ether oxygens (including phenoxy) is 1. The first kappa shape index (κ1) is 16.8. The third-order valence-corrected chi connectivity index (χ3v) is 5.42. The van der Waals surface area contributed by atoms with E-state index in [9.17, 15) is 4.57 Å². The van der Waals surface area contributed by atoms with Crippen LogP contribution in [0.5, 0.6) is 5.75 Å². The molecule has 2 aromatic carbocycles. The molecule has 0 aliphatic rings. The molecule has 0 atom stereocenters. The van der Waals surface area contributed by atoms with Crippen molar-refractivity contribution in [2.75, 3.05) is 20.3 Å². The Labute approximate surface area is 131 Å². The summed E-state index contributed by atoms with van der Waals surface area (Å²) in [7, 11) is -1.71. The molecular weight excluding hydrogens is 299 g/mol. The summed E-state index contributed by atoms with van der Waals surface area (Å²) < 4.78 is 28.7. The topological polar surface area (TPSA) is 44.8 Å². The highest BCUT2D eigenvalue weighted by atomic mass is 31.2. The molecule has 2 rings (SSSR count). The summed E-state index contributed by atoms with van der Waals surface area (Å²) in [5.41, 5.74) is 0.753. The van der Waals surface area contributed by atoms with Gasteiger partial charge in [0.1, 0.15) is 5.75 Å². The van der Waals surface area contributed by atoms with Crippen LogP contribution in [-0.2, 0) is 13.6 Å². The van der Waals surface area contributed by atoms with Gasteiger partial charge in [0.25, 0.3) is 0 Å². The number of hydrogen-bond donors (Lipinski definition) is 0. The third kappa shape index (κ3) is 3.41. The van der Waals surface area contributed by atoms with Gasteiger partial charge in [-0.25, -0.2) is 0 Å². The Morgan fingerprint density at radius 1 is 1.05 bits per heavy atom. The van der Waals surface area contributed by atoms with Crippen molar-refractivity contribution in [2.24, 2.45) is 0 Å². The predicted molar refractivity (Wildman–Crippen MR) is 90.4 cm³/mol. The number of rotatable bonds is 7. The lowest BCUT2D eigenvalue weighted by atomic mass is 10.1. The van der Waals surface area contributed by atoms with E-state index in [2.05, 4.69) is 6.58 Å². The maximum Gasteiger partial charge on any atom is 0.361 e. The summed E-state index contributed by atoms with van der Waals surface area (Å²) in [6.07, 6.45) is 0. The van der Waals surface area contributed by atoms with E-state index < -0.39 is 7.60 Å². The molecule has 4 nitrogen and oxygen atoms in total. The molecule has 0 unspecified atom stereocenters. The van der Waals surface area contributed by atoms with Crippen molar-refractivity contribution in [2.45, 2.75) is 13.8 Å². The van der Waals surface area contributed by atoms with Crippen LogP contribution < -0.4 is 4.74 Å². The van der Waals surface area contributed by atoms with Crippen LogP contribution in [0.15, 0.2) is 43.0 Å². The van der Waals surface area contributed by atoms with Gasteiger partial charge >= 0.3 is 7.60 Å². The lowest BCUT2D eigenvalue weighted by Crippen LogP contribution is -1.98. The minimum absolute atomic E-state index is 0.307. The Hall–Kier alpha value is -1.61. The monoisotopic (exact) mass is 320 g/mol. The van der Waals surface area contributed by atoms with Crippen LogP contribution in [0.25, 0.3) is 16.1 Å². The maximum atomic E-state index is 12.8. The molecule has 0 amide bonds. The average Bonchev–Trinajstić information content (AvgIpc) is 2.53. The van der Waals surface area contributed by atoms with Crippen LogP contribution in [0.2, 0.25) is 0 Å². The molecule has 22 heavy (non-hydrogen) atoms. The quantitative estimate of drug-likeness (QED) is 0.667. The molecule has 0 spiro atoms. The van der Waals surface area contributed by atoms with E-state index in [4.69, 9.17) is 13.8 Å². The standard InChI is InChI=1S/C17H21O4P/c1-5-20-22(18,21-6-2)13(3)14-7-8-16-12-17(19-4)10-9-15(16)11-14/h7-12H,3,5-6H2,1-2,4H3. The summed E-state index contributed by atoms with van der Waals surface area (Å²) in [6, 6.07) is 11.5. The van der Waals surface area contributed by atoms with Crippen molar-refractivity contribution < 1.29 is 18.3 Å². The van der Waals surface area contributed by atoms with Gasteiger partial charge in [-0.3, -0.25) is 4.57 Å². The van der Waals surface area contributed by atoms with Crippen LogP contribution >= 0.6 is 7.60 Å². The summed E-state index contributed by atoms with van der Waals surface area (Å²) in [5.74, 6) is 0.799. The van der Waals surface area contributed by atoms with Gasteiger partial charge in [0.15, 0.2) is 0 Å². The molecule has 0 saturated carbocycles. The highest BCUT2D eigenvalue weighted by Crippen LogP contribution is 2.59. The van der Waals surface area contributed by atoms with Crippen LogP contribution in [0.4, 0.5) is 0 Å². The summed E-state index contributed by atoms with van der Waals surface area (Å²) >= 11 is 0. The first-order valence-electron chi connectivity index (χ1n) is 7.20. The number of hydrogen-bond acceptors (Lipinski definition) is 4. The molecule has 0 aromatic heterocycles. The van der Waals surface area contributed by atoms with Crippen molar-refractivity contribution in [1.82, 2.24) is 0 Å². The van der Waals surface area contributed by atoms with Gasteiger partial charge in [0, 0.05) is 0 Å². The van der Waals surface area contributed by atoms with Crippen molar-refractivity contribution in [1.29, 1.82) is 0 Å². The smallest absolute Gasteiger partial charge is 0.361 e. The first-order chi connectivity index (χ1) is 10.5. The number of methoxy groups -OCH3 is 1. The van der Waals surface area contributed by atoms with Gasteiger partial charge in [0.2, 0.25) is 0 Å². The fourth-order valence-electron chi connectivity index (χ4n) is 2.22. The van der Waals surface area contributed by atoms with Gasteiger partial charge in [-0.1, -0.05) is 24.8 Å². The number of benzene rings is 2. The molecule has 0 bridgehead atoms. The largest absolute Gasteiger partial charge is 0.497 e. The molecule has 5 heteroatoms. The molecule has 0 N–H and O–H groups in total. The Kier molecular flexibility index (Phi) is 5.41. The Bertz CT molecular complexity index is 714. The fraction of sp³-hybridized carbons (Fsp3) is 0.294. The van der Waals surface area contributed by atoms with E-state index in [0.717, 1.165) is 22.1 Å². The van der Waals surface area contributed by atoms with Crippen molar-refractivity contribution >= 4 is 23.7 Å². The normalized spacial score (nSPS) is 11.6. The fourth-order valence-corrected chi connectivity index (χ4v) is 3.74. The highest BCUT2D eigenvalue weighted by molar-refractivity contribution is 7.65. The van der Waals surface area contributed by atoms with Crippen LogP contribution in [0.3, 0.4) is 0 Å². The van der Waals surface area contributed by atoms with Crippen LogP contribution in [0.1, 0.15) is 19.4 Å². The molecule has 0 aliphatic heterocycles. The summed E-state index contributed by atoms with van der Waals surface area (Å²) in [4.78, 5) is 0. The molecular formula is C17H21O4P. The zero-order valence-electron chi connectivity index (χ0n) is 13.2. The minimum atomic E-state index is -3.34. The molecule has 0 aliphatic carbocycles. The van der Waals surface area contributed by atoms with E-state index in [-0.39, 0.29) is 0 Å². The third-order valence-electron chi connectivity index (χ3n) is 3.31. The van der Waals surface area contributed by atoms with Crippen molar-refractivity contribution in [3.63, 3.8) is 0 Å². The van der Waals surface area contributed by atoms with Gasteiger partial charge in [-0.05, 0) is 48.4 Å². The molecule has 0 saturated heterocycles. The van der Waals surface area contributed by atoms with Crippen LogP contribution in [0, 0.1) is 0 Å². The van der Waals surface area contributed by atoms with E-state index >= 15 is 0 Å². The highest BCUT2D eigenvalue weighted by Gasteiger charge is 2.29. The zero-order chi connectivity index (χ0) is 16.2. The van der Waals surface area contributed by atoms with Crippen molar-refractivity contribution in [3.05, 3.63) is 48.5 Å². The van der Waals surface area contributed by atoms with E-state index in [1.165, 1.54) is 0 Å².